The Kier molecular flexibility index (Phi) is 5.25. The second-order valence-electron chi connectivity index (χ2n) is 5.02. The minimum atomic E-state index is -0.567. The molecule has 8 heteroatoms. The normalized spacial score (nSPS) is 17.9. The lowest BCUT2D eigenvalue weighted by atomic mass is 10.1. The molecule has 1 atom stereocenters. The fourth-order valence-electron chi connectivity index (χ4n) is 2.42. The van der Waals surface area contributed by atoms with Crippen molar-refractivity contribution in [3.8, 4) is 6.07 Å². The molecular weight excluding hydrogens is 298 g/mol. The molecule has 0 saturated carbocycles. The number of methoxy groups -OCH3 is 1. The molecule has 23 heavy (non-hydrogen) atoms. The zero-order chi connectivity index (χ0) is 16.8. The third-order valence-electron chi connectivity index (χ3n) is 3.56. The van der Waals surface area contributed by atoms with Gasteiger partial charge in [0.25, 0.3) is 0 Å². The van der Waals surface area contributed by atoms with Crippen LogP contribution in [0.1, 0.15) is 12.6 Å². The first-order valence-electron chi connectivity index (χ1n) is 7.09. The number of hydrogen-bond acceptors (Lipinski definition) is 7. The van der Waals surface area contributed by atoms with E-state index in [-0.39, 0.29) is 17.6 Å². The summed E-state index contributed by atoms with van der Waals surface area (Å²) in [5.41, 5.74) is 0.269. The molecule has 8 nitrogen and oxygen atoms in total. The van der Waals surface area contributed by atoms with Crippen LogP contribution in [0.2, 0.25) is 0 Å². The molecule has 1 aliphatic rings. The molecule has 0 bridgehead atoms. The van der Waals surface area contributed by atoms with Crippen LogP contribution in [0.3, 0.4) is 0 Å². The summed E-state index contributed by atoms with van der Waals surface area (Å²) in [6.07, 6.45) is 5.33. The summed E-state index contributed by atoms with van der Waals surface area (Å²) in [7, 11) is 1.26. The first-order valence-corrected chi connectivity index (χ1v) is 7.09. The predicted octanol–water partition coefficient (Wildman–Crippen LogP) is 0.115. The van der Waals surface area contributed by atoms with Crippen molar-refractivity contribution in [1.82, 2.24) is 14.9 Å². The number of carbonyl (C=O) groups excluding carboxylic acids is 2. The molecule has 1 amide bonds. The maximum absolute atomic E-state index is 12.1. The van der Waals surface area contributed by atoms with Gasteiger partial charge in [-0.1, -0.05) is 0 Å². The molecule has 2 rings (SSSR count). The molecule has 0 spiro atoms. The summed E-state index contributed by atoms with van der Waals surface area (Å²) in [4.78, 5) is 35.0. The molecule has 1 aromatic rings. The summed E-state index contributed by atoms with van der Waals surface area (Å²) in [5.74, 6) is -0.288. The minimum absolute atomic E-state index is 0.0907. The summed E-state index contributed by atoms with van der Waals surface area (Å²) < 4.78 is 4.46. The van der Waals surface area contributed by atoms with Crippen LogP contribution < -0.4 is 4.90 Å². The van der Waals surface area contributed by atoms with Gasteiger partial charge in [0.15, 0.2) is 11.5 Å². The molecule has 0 radical (unpaired) electrons. The van der Waals surface area contributed by atoms with Gasteiger partial charge >= 0.3 is 5.97 Å². The SMILES string of the molecule is COC(=O)/C=C/C(=O)N1CCN(c2nccnc2C#N)CC1C. The lowest BCUT2D eigenvalue weighted by molar-refractivity contribution is -0.135. The van der Waals surface area contributed by atoms with Crippen LogP contribution in [0, 0.1) is 11.3 Å². The Bertz CT molecular complexity index is 667. The summed E-state index contributed by atoms with van der Waals surface area (Å²) >= 11 is 0. The van der Waals surface area contributed by atoms with Gasteiger partial charge in [-0.15, -0.1) is 0 Å². The fourth-order valence-corrected chi connectivity index (χ4v) is 2.42. The number of nitriles is 1. The van der Waals surface area contributed by atoms with Crippen LogP contribution in [0.25, 0.3) is 0 Å². The van der Waals surface area contributed by atoms with Crippen LogP contribution in [0.5, 0.6) is 0 Å². The number of aromatic nitrogens is 2. The summed E-state index contributed by atoms with van der Waals surface area (Å²) in [6, 6.07) is 1.93. The molecule has 1 unspecified atom stereocenters. The number of carbonyl (C=O) groups is 2. The Morgan fingerprint density at radius 1 is 1.35 bits per heavy atom. The Hall–Kier alpha value is -2.95. The second kappa shape index (κ2) is 7.35. The van der Waals surface area contributed by atoms with Gasteiger partial charge in [-0.25, -0.2) is 14.8 Å². The molecule has 1 saturated heterocycles. The van der Waals surface area contributed by atoms with Gasteiger partial charge in [0.1, 0.15) is 6.07 Å². The maximum Gasteiger partial charge on any atom is 0.330 e. The third kappa shape index (κ3) is 3.83. The van der Waals surface area contributed by atoms with Gasteiger partial charge < -0.3 is 14.5 Å². The van der Waals surface area contributed by atoms with Crippen molar-refractivity contribution < 1.29 is 14.3 Å². The summed E-state index contributed by atoms with van der Waals surface area (Å²) in [6.45, 7) is 3.44. The van der Waals surface area contributed by atoms with Crippen LogP contribution >= 0.6 is 0 Å². The molecule has 0 N–H and O–H groups in total. The van der Waals surface area contributed by atoms with Crippen molar-refractivity contribution in [3.05, 3.63) is 30.2 Å². The number of rotatable bonds is 3. The third-order valence-corrected chi connectivity index (χ3v) is 3.56. The molecule has 1 aliphatic heterocycles. The van der Waals surface area contributed by atoms with E-state index in [1.807, 2.05) is 17.9 Å². The van der Waals surface area contributed by atoms with Gasteiger partial charge in [0.05, 0.1) is 7.11 Å². The number of nitrogens with zero attached hydrogens (tertiary/aromatic N) is 5. The lowest BCUT2D eigenvalue weighted by Crippen LogP contribution is -2.54. The Morgan fingerprint density at radius 3 is 2.74 bits per heavy atom. The van der Waals surface area contributed by atoms with Crippen molar-refractivity contribution in [2.75, 3.05) is 31.6 Å². The zero-order valence-corrected chi connectivity index (χ0v) is 13.0. The Labute approximate surface area is 134 Å². The maximum atomic E-state index is 12.1. The van der Waals surface area contributed by atoms with Gasteiger partial charge in [-0.2, -0.15) is 5.26 Å². The van der Waals surface area contributed by atoms with Crippen molar-refractivity contribution in [1.29, 1.82) is 5.26 Å². The molecule has 1 aromatic heterocycles. The molecule has 120 valence electrons. The van der Waals surface area contributed by atoms with E-state index in [1.54, 1.807) is 4.90 Å². The van der Waals surface area contributed by atoms with E-state index in [1.165, 1.54) is 25.6 Å². The molecule has 0 aromatic carbocycles. The topological polar surface area (TPSA) is 99.4 Å². The predicted molar refractivity (Wildman–Crippen MR) is 81.3 cm³/mol. The van der Waals surface area contributed by atoms with Crippen molar-refractivity contribution >= 4 is 17.7 Å². The van der Waals surface area contributed by atoms with Crippen LogP contribution in [-0.4, -0.2) is 59.5 Å². The monoisotopic (exact) mass is 315 g/mol. The number of esters is 1. The smallest absolute Gasteiger partial charge is 0.330 e. The van der Waals surface area contributed by atoms with E-state index in [9.17, 15) is 9.59 Å². The number of hydrogen-bond donors (Lipinski definition) is 0. The van der Waals surface area contributed by atoms with Gasteiger partial charge in [0, 0.05) is 50.2 Å². The first kappa shape index (κ1) is 16.4. The Morgan fingerprint density at radius 2 is 2.09 bits per heavy atom. The quantitative estimate of drug-likeness (QED) is 0.576. The average Bonchev–Trinajstić information content (AvgIpc) is 2.59. The van der Waals surface area contributed by atoms with Crippen molar-refractivity contribution in [3.63, 3.8) is 0 Å². The van der Waals surface area contributed by atoms with Crippen LogP contribution in [-0.2, 0) is 14.3 Å². The summed E-state index contributed by atoms with van der Waals surface area (Å²) in [5, 5.41) is 9.10. The standard InChI is InChI=1S/C15H17N5O3/c1-11-10-19(15-12(9-16)17-5-6-18-15)7-8-20(11)13(21)3-4-14(22)23-2/h3-6,11H,7-8,10H2,1-2H3/b4-3+. The largest absolute Gasteiger partial charge is 0.466 e. The van der Waals surface area contributed by atoms with E-state index in [2.05, 4.69) is 14.7 Å². The van der Waals surface area contributed by atoms with Crippen LogP contribution in [0.4, 0.5) is 5.82 Å². The Balaban J connectivity index is 2.05. The van der Waals surface area contributed by atoms with Crippen molar-refractivity contribution in [2.45, 2.75) is 13.0 Å². The fraction of sp³-hybridized carbons (Fsp3) is 0.400. The van der Waals surface area contributed by atoms with E-state index < -0.39 is 5.97 Å². The number of piperazine rings is 1. The highest BCUT2D eigenvalue weighted by Gasteiger charge is 2.28. The number of amides is 1. The highest BCUT2D eigenvalue weighted by molar-refractivity contribution is 5.94. The van der Waals surface area contributed by atoms with Crippen molar-refractivity contribution in [2.24, 2.45) is 0 Å². The molecule has 0 aliphatic carbocycles. The number of ether oxygens (including phenoxy) is 1. The second-order valence-corrected chi connectivity index (χ2v) is 5.02. The van der Waals surface area contributed by atoms with Gasteiger partial charge in [-0.3, -0.25) is 4.79 Å². The van der Waals surface area contributed by atoms with Gasteiger partial charge in [0.2, 0.25) is 5.91 Å². The highest BCUT2D eigenvalue weighted by atomic mass is 16.5. The van der Waals surface area contributed by atoms with E-state index in [0.29, 0.717) is 25.5 Å². The molecule has 2 heterocycles. The molecule has 1 fully saturated rings. The molecular formula is C15H17N5O3. The lowest BCUT2D eigenvalue weighted by Gasteiger charge is -2.40. The van der Waals surface area contributed by atoms with E-state index in [0.717, 1.165) is 6.08 Å². The highest BCUT2D eigenvalue weighted by Crippen LogP contribution is 2.19. The minimum Gasteiger partial charge on any atom is -0.466 e. The van der Waals surface area contributed by atoms with Gasteiger partial charge in [-0.05, 0) is 6.92 Å². The first-order chi connectivity index (χ1) is 11.1. The van der Waals surface area contributed by atoms with E-state index in [4.69, 9.17) is 5.26 Å². The number of anilines is 1. The van der Waals surface area contributed by atoms with E-state index >= 15 is 0 Å². The zero-order valence-electron chi connectivity index (χ0n) is 13.0. The average molecular weight is 315 g/mol. The van der Waals surface area contributed by atoms with Crippen LogP contribution in [0.15, 0.2) is 24.5 Å².